The lowest BCUT2D eigenvalue weighted by Crippen LogP contribution is -2.45. The fourth-order valence-electron chi connectivity index (χ4n) is 2.23. The van der Waals surface area contributed by atoms with Crippen molar-refractivity contribution in [2.75, 3.05) is 12.8 Å². The van der Waals surface area contributed by atoms with Crippen LogP contribution in [-0.4, -0.2) is 26.8 Å². The average molecular weight is 221 g/mol. The van der Waals surface area contributed by atoms with E-state index in [2.05, 4.69) is 6.92 Å². The Morgan fingerprint density at radius 1 is 1.57 bits per heavy atom. The summed E-state index contributed by atoms with van der Waals surface area (Å²) in [5.41, 5.74) is 4.98. The summed E-state index contributed by atoms with van der Waals surface area (Å²) < 4.78 is 27.3. The Balaban J connectivity index is 2.75. The van der Waals surface area contributed by atoms with Crippen LogP contribution in [0, 0.1) is 5.92 Å². The Morgan fingerprint density at radius 3 is 2.64 bits per heavy atom. The Kier molecular flexibility index (Phi) is 3.55. The van der Waals surface area contributed by atoms with E-state index >= 15 is 0 Å². The van der Waals surface area contributed by atoms with Crippen LogP contribution < -0.4 is 5.73 Å². The molecule has 84 valence electrons. The van der Waals surface area contributed by atoms with E-state index in [1.165, 1.54) is 0 Å². The molecule has 4 nitrogen and oxygen atoms in total. The normalized spacial score (nSPS) is 34.4. The maximum absolute atomic E-state index is 11.1. The van der Waals surface area contributed by atoms with Crippen molar-refractivity contribution in [1.82, 2.24) is 0 Å². The van der Waals surface area contributed by atoms with E-state index in [4.69, 9.17) is 9.92 Å². The van der Waals surface area contributed by atoms with Crippen molar-refractivity contribution in [1.29, 1.82) is 0 Å². The summed E-state index contributed by atoms with van der Waals surface area (Å²) in [6.45, 7) is 2.39. The summed E-state index contributed by atoms with van der Waals surface area (Å²) in [4.78, 5) is 0. The largest absolute Gasteiger partial charge is 0.328 e. The lowest BCUT2D eigenvalue weighted by atomic mass is 9.79. The van der Waals surface area contributed by atoms with Gasteiger partial charge in [-0.2, -0.15) is 8.42 Å². The third-order valence-corrected chi connectivity index (χ3v) is 3.41. The first-order valence-corrected chi connectivity index (χ1v) is 6.79. The van der Waals surface area contributed by atoms with Crippen molar-refractivity contribution >= 4 is 10.1 Å². The second-order valence-electron chi connectivity index (χ2n) is 4.38. The van der Waals surface area contributed by atoms with Gasteiger partial charge in [0.15, 0.2) is 0 Å². The van der Waals surface area contributed by atoms with Crippen molar-refractivity contribution in [3.63, 3.8) is 0 Å². The summed E-state index contributed by atoms with van der Waals surface area (Å²) in [5, 5.41) is 0. The molecule has 2 unspecified atom stereocenters. The fraction of sp³-hybridized carbons (Fsp3) is 1.00. The molecule has 1 aliphatic rings. The Morgan fingerprint density at radius 2 is 2.21 bits per heavy atom. The third-order valence-electron chi connectivity index (χ3n) is 2.75. The molecule has 0 saturated heterocycles. The average Bonchev–Trinajstić information content (AvgIpc) is 2.01. The molecule has 14 heavy (non-hydrogen) atoms. The predicted octanol–water partition coefficient (Wildman–Crippen LogP) is 0.870. The number of hydrogen-bond donors (Lipinski definition) is 1. The van der Waals surface area contributed by atoms with Crippen LogP contribution in [0.4, 0.5) is 0 Å². The van der Waals surface area contributed by atoms with Gasteiger partial charge in [0.2, 0.25) is 0 Å². The van der Waals surface area contributed by atoms with Gasteiger partial charge in [0.1, 0.15) is 5.60 Å². The van der Waals surface area contributed by atoms with Gasteiger partial charge in [-0.15, -0.1) is 0 Å². The van der Waals surface area contributed by atoms with Crippen LogP contribution in [0.5, 0.6) is 0 Å². The maximum atomic E-state index is 11.1. The Bertz CT molecular complexity index is 288. The molecule has 0 aliphatic heterocycles. The monoisotopic (exact) mass is 221 g/mol. The predicted molar refractivity (Wildman–Crippen MR) is 55.3 cm³/mol. The molecule has 0 spiro atoms. The SMILES string of the molecule is CC1CCCC(CN)(OS(C)(=O)=O)C1. The van der Waals surface area contributed by atoms with Crippen LogP contribution in [0.1, 0.15) is 32.6 Å². The van der Waals surface area contributed by atoms with Gasteiger partial charge >= 0.3 is 0 Å². The topological polar surface area (TPSA) is 69.4 Å². The number of rotatable bonds is 3. The van der Waals surface area contributed by atoms with E-state index in [9.17, 15) is 8.42 Å². The van der Waals surface area contributed by atoms with Crippen molar-refractivity contribution in [2.24, 2.45) is 11.7 Å². The first-order chi connectivity index (χ1) is 6.37. The minimum Gasteiger partial charge on any atom is -0.328 e. The molecular weight excluding hydrogens is 202 g/mol. The number of nitrogens with two attached hydrogens (primary N) is 1. The molecule has 5 heteroatoms. The molecule has 0 radical (unpaired) electrons. The molecule has 0 aromatic carbocycles. The maximum Gasteiger partial charge on any atom is 0.264 e. The zero-order valence-electron chi connectivity index (χ0n) is 8.82. The highest BCUT2D eigenvalue weighted by atomic mass is 32.2. The molecule has 0 aromatic rings. The van der Waals surface area contributed by atoms with Crippen LogP contribution in [-0.2, 0) is 14.3 Å². The third kappa shape index (κ3) is 3.22. The highest BCUT2D eigenvalue weighted by molar-refractivity contribution is 7.86. The molecule has 0 bridgehead atoms. The van der Waals surface area contributed by atoms with Crippen LogP contribution >= 0.6 is 0 Å². The van der Waals surface area contributed by atoms with E-state index in [1.54, 1.807) is 0 Å². The first-order valence-electron chi connectivity index (χ1n) is 4.98. The molecule has 1 rings (SSSR count). The molecule has 0 aromatic heterocycles. The molecule has 1 fully saturated rings. The minimum atomic E-state index is -3.40. The van der Waals surface area contributed by atoms with Crippen molar-refractivity contribution in [2.45, 2.75) is 38.2 Å². The molecule has 1 saturated carbocycles. The van der Waals surface area contributed by atoms with E-state index in [0.717, 1.165) is 31.9 Å². The molecule has 2 atom stereocenters. The van der Waals surface area contributed by atoms with Gasteiger partial charge in [0.25, 0.3) is 10.1 Å². The molecule has 1 aliphatic carbocycles. The highest BCUT2D eigenvalue weighted by Crippen LogP contribution is 2.35. The Labute approximate surface area is 85.9 Å². The van der Waals surface area contributed by atoms with Gasteiger partial charge < -0.3 is 5.73 Å². The second kappa shape index (κ2) is 4.16. The molecule has 0 amide bonds. The van der Waals surface area contributed by atoms with Crippen molar-refractivity contribution in [3.8, 4) is 0 Å². The highest BCUT2D eigenvalue weighted by Gasteiger charge is 2.37. The lowest BCUT2D eigenvalue weighted by molar-refractivity contribution is 0.0272. The van der Waals surface area contributed by atoms with Gasteiger partial charge in [-0.25, -0.2) is 0 Å². The summed E-state index contributed by atoms with van der Waals surface area (Å²) in [5.74, 6) is 0.494. The van der Waals surface area contributed by atoms with E-state index in [0.29, 0.717) is 5.92 Å². The zero-order chi connectivity index (χ0) is 10.8. The van der Waals surface area contributed by atoms with Gasteiger partial charge in [-0.1, -0.05) is 19.8 Å². The summed E-state index contributed by atoms with van der Waals surface area (Å²) >= 11 is 0. The van der Waals surface area contributed by atoms with Crippen molar-refractivity contribution < 1.29 is 12.6 Å². The minimum absolute atomic E-state index is 0.282. The van der Waals surface area contributed by atoms with Gasteiger partial charge in [-0.05, 0) is 18.8 Å². The zero-order valence-corrected chi connectivity index (χ0v) is 9.64. The first kappa shape index (κ1) is 11.9. The van der Waals surface area contributed by atoms with Crippen LogP contribution in [0.2, 0.25) is 0 Å². The standard InChI is InChI=1S/C9H19NO3S/c1-8-4-3-5-9(6-8,7-10)13-14(2,11)12/h8H,3-7,10H2,1-2H3. The van der Waals surface area contributed by atoms with Crippen LogP contribution in [0.3, 0.4) is 0 Å². The van der Waals surface area contributed by atoms with Gasteiger partial charge in [0, 0.05) is 6.54 Å². The van der Waals surface area contributed by atoms with E-state index in [1.807, 2.05) is 0 Å². The van der Waals surface area contributed by atoms with Crippen LogP contribution in [0.25, 0.3) is 0 Å². The molecule has 2 N–H and O–H groups in total. The fourth-order valence-corrected chi connectivity index (χ4v) is 3.09. The Hall–Kier alpha value is -0.130. The van der Waals surface area contributed by atoms with Gasteiger partial charge in [0.05, 0.1) is 6.26 Å². The molecule has 0 heterocycles. The molecular formula is C9H19NO3S. The second-order valence-corrected chi connectivity index (χ2v) is 5.95. The van der Waals surface area contributed by atoms with E-state index < -0.39 is 15.7 Å². The van der Waals surface area contributed by atoms with Crippen LogP contribution in [0.15, 0.2) is 0 Å². The van der Waals surface area contributed by atoms with E-state index in [-0.39, 0.29) is 6.54 Å². The number of hydrogen-bond acceptors (Lipinski definition) is 4. The van der Waals surface area contributed by atoms with Crippen molar-refractivity contribution in [3.05, 3.63) is 0 Å². The lowest BCUT2D eigenvalue weighted by Gasteiger charge is -2.37. The quantitative estimate of drug-likeness (QED) is 0.718. The van der Waals surface area contributed by atoms with Gasteiger partial charge in [-0.3, -0.25) is 4.18 Å². The summed E-state index contributed by atoms with van der Waals surface area (Å²) in [7, 11) is -3.40. The summed E-state index contributed by atoms with van der Waals surface area (Å²) in [6.07, 6.45) is 4.71. The summed E-state index contributed by atoms with van der Waals surface area (Å²) in [6, 6.07) is 0. The smallest absolute Gasteiger partial charge is 0.264 e.